The third-order valence-corrected chi connectivity index (χ3v) is 5.96. The quantitative estimate of drug-likeness (QED) is 0.465. The summed E-state index contributed by atoms with van der Waals surface area (Å²) in [6.45, 7) is 4.22. The van der Waals surface area contributed by atoms with Crippen LogP contribution in [0.1, 0.15) is 35.1 Å². The molecule has 1 atom stereocenters. The van der Waals surface area contributed by atoms with Gasteiger partial charge in [-0.25, -0.2) is 4.98 Å². The van der Waals surface area contributed by atoms with Gasteiger partial charge in [-0.1, -0.05) is 60.7 Å². The Balaban J connectivity index is 1.43. The van der Waals surface area contributed by atoms with Crippen LogP contribution in [0.25, 0.3) is 0 Å². The lowest BCUT2D eigenvalue weighted by atomic mass is 9.90. The minimum Gasteiger partial charge on any atom is -0.356 e. The number of rotatable bonds is 9. The van der Waals surface area contributed by atoms with Crippen LogP contribution in [0.3, 0.4) is 0 Å². The second-order valence-corrected chi connectivity index (χ2v) is 8.32. The summed E-state index contributed by atoms with van der Waals surface area (Å²) in [5.41, 5.74) is 2.39. The van der Waals surface area contributed by atoms with Crippen LogP contribution in [-0.4, -0.2) is 64.1 Å². The summed E-state index contributed by atoms with van der Waals surface area (Å²) >= 11 is 0. The average Bonchev–Trinajstić information content (AvgIpc) is 3.25. The van der Waals surface area contributed by atoms with E-state index in [4.69, 9.17) is 0 Å². The number of nitrogens with one attached hydrogen (secondary N) is 3. The standard InChI is InChI=1S/C25H30N6O2/c1-18-28-23(30-29-18)12-13-26-24(32)16-22-25(33)27-14-15-31(22)17-21(19-8-4-2-5-9-19)20-10-6-3-7-11-20/h2-11,21-22H,12-17H2,1H3,(H,26,32)(H,27,33)(H,28,29,30). The minimum atomic E-state index is -0.501. The molecule has 1 unspecified atom stereocenters. The van der Waals surface area contributed by atoms with Crippen molar-refractivity contribution in [3.63, 3.8) is 0 Å². The van der Waals surface area contributed by atoms with Crippen LogP contribution in [0.4, 0.5) is 0 Å². The first-order valence-electron chi connectivity index (χ1n) is 11.4. The number of hydrogen-bond acceptors (Lipinski definition) is 5. The number of hydrogen-bond donors (Lipinski definition) is 3. The number of piperazine rings is 1. The fourth-order valence-corrected chi connectivity index (χ4v) is 4.27. The van der Waals surface area contributed by atoms with Gasteiger partial charge in [0.1, 0.15) is 5.82 Å². The molecule has 0 bridgehead atoms. The maximum atomic E-state index is 12.7. The van der Waals surface area contributed by atoms with E-state index in [2.05, 4.69) is 55.0 Å². The average molecular weight is 447 g/mol. The van der Waals surface area contributed by atoms with Gasteiger partial charge in [-0.2, -0.15) is 5.10 Å². The van der Waals surface area contributed by atoms with Crippen molar-refractivity contribution in [2.75, 3.05) is 26.2 Å². The van der Waals surface area contributed by atoms with Gasteiger partial charge < -0.3 is 10.6 Å². The highest BCUT2D eigenvalue weighted by Gasteiger charge is 2.33. The number of aryl methyl sites for hydroxylation is 1. The molecule has 1 aliphatic rings. The van der Waals surface area contributed by atoms with Crippen LogP contribution in [0, 0.1) is 6.92 Å². The molecule has 8 nitrogen and oxygen atoms in total. The monoisotopic (exact) mass is 446 g/mol. The third-order valence-electron chi connectivity index (χ3n) is 5.96. The van der Waals surface area contributed by atoms with Gasteiger partial charge >= 0.3 is 0 Å². The minimum absolute atomic E-state index is 0.0964. The first kappa shape index (κ1) is 22.7. The molecule has 0 saturated carbocycles. The summed E-state index contributed by atoms with van der Waals surface area (Å²) in [6, 6.07) is 20.1. The maximum Gasteiger partial charge on any atom is 0.237 e. The molecule has 0 aliphatic carbocycles. The van der Waals surface area contributed by atoms with Gasteiger partial charge in [0.2, 0.25) is 11.8 Å². The Bertz CT molecular complexity index is 1010. The Hall–Kier alpha value is -3.52. The van der Waals surface area contributed by atoms with Crippen molar-refractivity contribution in [3.05, 3.63) is 83.4 Å². The van der Waals surface area contributed by atoms with Crippen molar-refractivity contribution in [3.8, 4) is 0 Å². The molecular weight excluding hydrogens is 416 g/mol. The first-order chi connectivity index (χ1) is 16.1. The van der Waals surface area contributed by atoms with Crippen LogP contribution in [-0.2, 0) is 16.0 Å². The number of aromatic amines is 1. The van der Waals surface area contributed by atoms with Crippen LogP contribution in [0.15, 0.2) is 60.7 Å². The molecule has 3 aromatic rings. The van der Waals surface area contributed by atoms with Gasteiger partial charge in [-0.05, 0) is 18.1 Å². The zero-order valence-corrected chi connectivity index (χ0v) is 18.8. The third kappa shape index (κ3) is 6.04. The highest BCUT2D eigenvalue weighted by molar-refractivity contribution is 5.88. The fraction of sp³-hybridized carbons (Fsp3) is 0.360. The summed E-state index contributed by atoms with van der Waals surface area (Å²) in [7, 11) is 0. The molecule has 1 aliphatic heterocycles. The van der Waals surface area contributed by atoms with Gasteiger partial charge in [0.15, 0.2) is 5.82 Å². The van der Waals surface area contributed by atoms with Gasteiger partial charge in [0, 0.05) is 38.5 Å². The van der Waals surface area contributed by atoms with E-state index in [1.54, 1.807) is 0 Å². The number of H-pyrrole nitrogens is 1. The van der Waals surface area contributed by atoms with Crippen molar-refractivity contribution < 1.29 is 9.59 Å². The lowest BCUT2D eigenvalue weighted by molar-refractivity contribution is -0.134. The molecule has 8 heteroatoms. The van der Waals surface area contributed by atoms with E-state index in [-0.39, 0.29) is 24.2 Å². The summed E-state index contributed by atoms with van der Waals surface area (Å²) in [4.78, 5) is 31.8. The predicted octanol–water partition coefficient (Wildman–Crippen LogP) is 1.79. The molecule has 172 valence electrons. The Morgan fingerprint density at radius 1 is 1.12 bits per heavy atom. The van der Waals surface area contributed by atoms with E-state index >= 15 is 0 Å². The highest BCUT2D eigenvalue weighted by Crippen LogP contribution is 2.27. The van der Waals surface area contributed by atoms with E-state index in [9.17, 15) is 9.59 Å². The molecular formula is C25H30N6O2. The van der Waals surface area contributed by atoms with Crippen LogP contribution < -0.4 is 10.6 Å². The molecule has 33 heavy (non-hydrogen) atoms. The van der Waals surface area contributed by atoms with Crippen molar-refractivity contribution in [1.29, 1.82) is 0 Å². The molecule has 1 aromatic heterocycles. The fourth-order valence-electron chi connectivity index (χ4n) is 4.27. The molecule has 2 amide bonds. The topological polar surface area (TPSA) is 103 Å². The van der Waals surface area contributed by atoms with Crippen molar-refractivity contribution in [2.45, 2.75) is 31.7 Å². The zero-order valence-electron chi connectivity index (χ0n) is 18.8. The zero-order chi connectivity index (χ0) is 23.0. The van der Waals surface area contributed by atoms with E-state index < -0.39 is 6.04 Å². The Labute approximate surface area is 193 Å². The van der Waals surface area contributed by atoms with Crippen LogP contribution in [0.5, 0.6) is 0 Å². The molecule has 0 radical (unpaired) electrons. The number of aromatic nitrogens is 3. The lowest BCUT2D eigenvalue weighted by Gasteiger charge is -2.37. The van der Waals surface area contributed by atoms with Gasteiger partial charge in [-0.15, -0.1) is 0 Å². The number of carbonyl (C=O) groups excluding carboxylic acids is 2. The largest absolute Gasteiger partial charge is 0.356 e. The molecule has 1 fully saturated rings. The molecule has 0 spiro atoms. The second kappa shape index (κ2) is 10.9. The summed E-state index contributed by atoms with van der Waals surface area (Å²) in [6.07, 6.45) is 0.663. The maximum absolute atomic E-state index is 12.7. The van der Waals surface area contributed by atoms with E-state index in [1.807, 2.05) is 43.3 Å². The normalized spacial score (nSPS) is 16.5. The smallest absolute Gasteiger partial charge is 0.237 e. The predicted molar refractivity (Wildman–Crippen MR) is 126 cm³/mol. The van der Waals surface area contributed by atoms with E-state index in [0.717, 1.165) is 5.82 Å². The SMILES string of the molecule is Cc1nc(CCNC(=O)CC2C(=O)NCCN2CC(c2ccccc2)c2ccccc2)n[nH]1. The Kier molecular flexibility index (Phi) is 7.47. The van der Waals surface area contributed by atoms with Gasteiger partial charge in [0.25, 0.3) is 0 Å². The molecule has 3 N–H and O–H groups in total. The number of benzene rings is 2. The van der Waals surface area contributed by atoms with Crippen molar-refractivity contribution in [1.82, 2.24) is 30.7 Å². The van der Waals surface area contributed by atoms with E-state index in [0.29, 0.717) is 38.4 Å². The number of amides is 2. The molecule has 4 rings (SSSR count). The van der Waals surface area contributed by atoms with Gasteiger partial charge in [0.05, 0.1) is 12.5 Å². The Morgan fingerprint density at radius 2 is 1.79 bits per heavy atom. The summed E-state index contributed by atoms with van der Waals surface area (Å²) < 4.78 is 0. The van der Waals surface area contributed by atoms with Crippen molar-refractivity contribution in [2.24, 2.45) is 0 Å². The number of carbonyl (C=O) groups is 2. The number of nitrogens with zero attached hydrogens (tertiary/aromatic N) is 3. The molecule has 1 saturated heterocycles. The molecule has 2 heterocycles. The summed E-state index contributed by atoms with van der Waals surface area (Å²) in [5, 5.41) is 12.7. The van der Waals surface area contributed by atoms with Crippen molar-refractivity contribution >= 4 is 11.8 Å². The first-order valence-corrected chi connectivity index (χ1v) is 11.4. The summed E-state index contributed by atoms with van der Waals surface area (Å²) in [5.74, 6) is 1.28. The Morgan fingerprint density at radius 3 is 2.39 bits per heavy atom. The van der Waals surface area contributed by atoms with Crippen LogP contribution >= 0.6 is 0 Å². The highest BCUT2D eigenvalue weighted by atomic mass is 16.2. The second-order valence-electron chi connectivity index (χ2n) is 8.32. The van der Waals surface area contributed by atoms with E-state index in [1.165, 1.54) is 11.1 Å². The van der Waals surface area contributed by atoms with Crippen LogP contribution in [0.2, 0.25) is 0 Å². The van der Waals surface area contributed by atoms with Gasteiger partial charge in [-0.3, -0.25) is 19.6 Å². The lowest BCUT2D eigenvalue weighted by Crippen LogP contribution is -2.57. The molecule has 2 aromatic carbocycles.